The first-order valence-electron chi connectivity index (χ1n) is 4.85. The van der Waals surface area contributed by atoms with Gasteiger partial charge in [0.15, 0.2) is 0 Å². The molecule has 0 saturated carbocycles. The van der Waals surface area contributed by atoms with Gasteiger partial charge in [0.25, 0.3) is 0 Å². The second-order valence-electron chi connectivity index (χ2n) is 3.79. The van der Waals surface area contributed by atoms with Gasteiger partial charge in [-0.05, 0) is 37.7 Å². The molecule has 1 aromatic carbocycles. The Morgan fingerprint density at radius 2 is 2.07 bits per heavy atom. The first-order valence-corrected chi connectivity index (χ1v) is 6.24. The molecule has 0 atom stereocenters. The molecule has 0 saturated heterocycles. The van der Waals surface area contributed by atoms with Crippen LogP contribution in [0.3, 0.4) is 0 Å². The van der Waals surface area contributed by atoms with E-state index in [0.717, 1.165) is 12.2 Å². The average molecular weight is 206 g/mol. The van der Waals surface area contributed by atoms with Crippen LogP contribution in [0.5, 0.6) is 0 Å². The maximum absolute atomic E-state index is 4.09. The van der Waals surface area contributed by atoms with Gasteiger partial charge in [-0.1, -0.05) is 35.9 Å². The van der Waals surface area contributed by atoms with Gasteiger partial charge in [0.05, 0.1) is 0 Å². The van der Waals surface area contributed by atoms with E-state index in [1.807, 2.05) is 11.8 Å². The first-order chi connectivity index (χ1) is 6.63. The topological polar surface area (TPSA) is 0 Å². The van der Waals surface area contributed by atoms with E-state index in [2.05, 4.69) is 44.9 Å². The van der Waals surface area contributed by atoms with E-state index in [1.165, 1.54) is 22.3 Å². The van der Waals surface area contributed by atoms with Crippen molar-refractivity contribution in [1.82, 2.24) is 0 Å². The Morgan fingerprint density at radius 1 is 1.36 bits per heavy atom. The van der Waals surface area contributed by atoms with Gasteiger partial charge < -0.3 is 0 Å². The largest absolute Gasteiger partial charge is 0.161 e. The quantitative estimate of drug-likeness (QED) is 0.676. The minimum absolute atomic E-state index is 1.02. The second kappa shape index (κ2) is 5.26. The Labute approximate surface area is 91.4 Å². The number of aryl methyl sites for hydroxylation is 2. The van der Waals surface area contributed by atoms with E-state index in [0.29, 0.717) is 0 Å². The molecule has 0 aliphatic carbocycles. The predicted octanol–water partition coefficient (Wildman–Crippen LogP) is 3.77. The van der Waals surface area contributed by atoms with Gasteiger partial charge in [0, 0.05) is 5.75 Å². The van der Waals surface area contributed by atoms with Crippen molar-refractivity contribution in [2.24, 2.45) is 0 Å². The zero-order valence-electron chi connectivity index (χ0n) is 9.26. The summed E-state index contributed by atoms with van der Waals surface area (Å²) in [6, 6.07) is 6.62. The number of hydrogen-bond donors (Lipinski definition) is 0. The van der Waals surface area contributed by atoms with E-state index in [-0.39, 0.29) is 0 Å². The summed E-state index contributed by atoms with van der Waals surface area (Å²) in [5.74, 6) is 1.06. The minimum Gasteiger partial charge on any atom is -0.161 e. The van der Waals surface area contributed by atoms with Crippen LogP contribution < -0.4 is 0 Å². The lowest BCUT2D eigenvalue weighted by Crippen LogP contribution is -1.95. The van der Waals surface area contributed by atoms with Gasteiger partial charge in [0.1, 0.15) is 0 Å². The van der Waals surface area contributed by atoms with Crippen molar-refractivity contribution in [2.45, 2.75) is 20.3 Å². The molecule has 0 heterocycles. The minimum atomic E-state index is 1.02. The maximum atomic E-state index is 4.09. The summed E-state index contributed by atoms with van der Waals surface area (Å²) in [5.41, 5.74) is 5.44. The van der Waals surface area contributed by atoms with E-state index in [4.69, 9.17) is 0 Å². The molecule has 0 aliphatic heterocycles. The maximum Gasteiger partial charge on any atom is 0.0141 e. The van der Waals surface area contributed by atoms with Gasteiger partial charge in [-0.2, -0.15) is 11.8 Å². The van der Waals surface area contributed by atoms with Crippen LogP contribution in [0, 0.1) is 13.8 Å². The SMILES string of the molecule is C=C(CSC)Cc1cc(C)ccc1C. The van der Waals surface area contributed by atoms with Gasteiger partial charge in [-0.3, -0.25) is 0 Å². The van der Waals surface area contributed by atoms with Crippen LogP contribution in [-0.4, -0.2) is 12.0 Å². The summed E-state index contributed by atoms with van der Waals surface area (Å²) in [7, 11) is 0. The fourth-order valence-corrected chi connectivity index (χ4v) is 2.03. The van der Waals surface area contributed by atoms with Crippen LogP contribution >= 0.6 is 11.8 Å². The Kier molecular flexibility index (Phi) is 4.27. The molecule has 0 N–H and O–H groups in total. The smallest absolute Gasteiger partial charge is 0.0141 e. The highest BCUT2D eigenvalue weighted by Crippen LogP contribution is 2.16. The molecule has 0 aromatic heterocycles. The summed E-state index contributed by atoms with van der Waals surface area (Å²) < 4.78 is 0. The molecule has 0 unspecified atom stereocenters. The van der Waals surface area contributed by atoms with Crippen LogP contribution in [0.4, 0.5) is 0 Å². The van der Waals surface area contributed by atoms with Crippen molar-refractivity contribution in [3.05, 3.63) is 47.0 Å². The molecule has 0 fully saturated rings. The van der Waals surface area contributed by atoms with Crippen molar-refractivity contribution in [1.29, 1.82) is 0 Å². The Bertz CT molecular complexity index is 326. The molecule has 0 spiro atoms. The molecule has 0 aliphatic rings. The summed E-state index contributed by atoms with van der Waals surface area (Å²) in [6.45, 7) is 8.40. The number of thioether (sulfide) groups is 1. The molecule has 1 rings (SSSR count). The molecule has 76 valence electrons. The molecule has 0 nitrogen and oxygen atoms in total. The molecular weight excluding hydrogens is 188 g/mol. The number of hydrogen-bond acceptors (Lipinski definition) is 1. The summed E-state index contributed by atoms with van der Waals surface area (Å²) >= 11 is 1.84. The van der Waals surface area contributed by atoms with E-state index in [9.17, 15) is 0 Å². The van der Waals surface area contributed by atoms with Gasteiger partial charge >= 0.3 is 0 Å². The van der Waals surface area contributed by atoms with Crippen LogP contribution in [0.1, 0.15) is 16.7 Å². The molecule has 0 amide bonds. The summed E-state index contributed by atoms with van der Waals surface area (Å²) in [6.07, 6.45) is 3.14. The van der Waals surface area contributed by atoms with E-state index < -0.39 is 0 Å². The van der Waals surface area contributed by atoms with Crippen LogP contribution in [0.15, 0.2) is 30.4 Å². The highest BCUT2D eigenvalue weighted by atomic mass is 32.2. The molecule has 0 radical (unpaired) electrons. The van der Waals surface area contributed by atoms with Crippen molar-refractivity contribution >= 4 is 11.8 Å². The molecule has 14 heavy (non-hydrogen) atoms. The number of benzene rings is 1. The zero-order valence-corrected chi connectivity index (χ0v) is 10.1. The third-order valence-corrected chi connectivity index (χ3v) is 2.99. The van der Waals surface area contributed by atoms with E-state index in [1.54, 1.807) is 0 Å². The zero-order chi connectivity index (χ0) is 10.6. The molecule has 0 bridgehead atoms. The highest BCUT2D eigenvalue weighted by molar-refractivity contribution is 7.98. The lowest BCUT2D eigenvalue weighted by atomic mass is 10.00. The Hall–Kier alpha value is -0.690. The Balaban J connectivity index is 2.75. The lowest BCUT2D eigenvalue weighted by molar-refractivity contribution is 1.12. The second-order valence-corrected chi connectivity index (χ2v) is 4.66. The van der Waals surface area contributed by atoms with Crippen molar-refractivity contribution < 1.29 is 0 Å². The van der Waals surface area contributed by atoms with Gasteiger partial charge in [-0.25, -0.2) is 0 Å². The average Bonchev–Trinajstić information content (AvgIpc) is 2.12. The fraction of sp³-hybridized carbons (Fsp3) is 0.385. The fourth-order valence-electron chi connectivity index (χ4n) is 1.52. The van der Waals surface area contributed by atoms with E-state index >= 15 is 0 Å². The third-order valence-electron chi connectivity index (χ3n) is 2.29. The van der Waals surface area contributed by atoms with Crippen LogP contribution in [0.2, 0.25) is 0 Å². The van der Waals surface area contributed by atoms with Crippen molar-refractivity contribution in [3.8, 4) is 0 Å². The third kappa shape index (κ3) is 3.22. The Morgan fingerprint density at radius 3 is 2.71 bits per heavy atom. The highest BCUT2D eigenvalue weighted by Gasteiger charge is 2.01. The molecule has 1 aromatic rings. The molecular formula is C13H18S. The van der Waals surface area contributed by atoms with Gasteiger partial charge in [-0.15, -0.1) is 0 Å². The van der Waals surface area contributed by atoms with Crippen molar-refractivity contribution in [2.75, 3.05) is 12.0 Å². The number of rotatable bonds is 4. The first kappa shape index (κ1) is 11.4. The summed E-state index contributed by atoms with van der Waals surface area (Å²) in [4.78, 5) is 0. The van der Waals surface area contributed by atoms with Crippen LogP contribution in [-0.2, 0) is 6.42 Å². The standard InChI is InChI=1S/C13H18S/c1-10-5-6-12(3)13(7-10)8-11(2)9-14-4/h5-7H,2,8-9H2,1,3-4H3. The molecule has 1 heteroatoms. The lowest BCUT2D eigenvalue weighted by Gasteiger charge is -2.08. The normalized spacial score (nSPS) is 10.2. The van der Waals surface area contributed by atoms with Gasteiger partial charge in [0.2, 0.25) is 0 Å². The predicted molar refractivity (Wildman–Crippen MR) is 67.1 cm³/mol. The monoisotopic (exact) mass is 206 g/mol. The van der Waals surface area contributed by atoms with Crippen molar-refractivity contribution in [3.63, 3.8) is 0 Å². The summed E-state index contributed by atoms with van der Waals surface area (Å²) in [5, 5.41) is 0. The van der Waals surface area contributed by atoms with Crippen LogP contribution in [0.25, 0.3) is 0 Å².